The first-order chi connectivity index (χ1) is 6.53. The van der Waals surface area contributed by atoms with E-state index in [1.807, 2.05) is 0 Å². The van der Waals surface area contributed by atoms with Crippen LogP contribution in [0.3, 0.4) is 0 Å². The molecule has 0 aromatic heterocycles. The van der Waals surface area contributed by atoms with E-state index in [0.717, 1.165) is 6.42 Å². The lowest BCUT2D eigenvalue weighted by molar-refractivity contribution is -0.142. The van der Waals surface area contributed by atoms with E-state index in [1.165, 1.54) is 0 Å². The van der Waals surface area contributed by atoms with E-state index in [1.54, 1.807) is 6.92 Å². The Balaban J connectivity index is 4.16. The molecule has 0 aliphatic carbocycles. The first-order valence-electron chi connectivity index (χ1n) is 5.36. The summed E-state index contributed by atoms with van der Waals surface area (Å²) >= 11 is 0. The lowest BCUT2D eigenvalue weighted by Crippen LogP contribution is -2.27. The van der Waals surface area contributed by atoms with Gasteiger partial charge >= 0.3 is 5.97 Å². The number of carbonyl (C=O) groups excluding carboxylic acids is 1. The summed E-state index contributed by atoms with van der Waals surface area (Å²) < 4.78 is 5.18. The van der Waals surface area contributed by atoms with Crippen molar-refractivity contribution >= 4 is 5.97 Å². The fourth-order valence-electron chi connectivity index (χ4n) is 1.87. The van der Waals surface area contributed by atoms with Gasteiger partial charge in [0.1, 0.15) is 0 Å². The van der Waals surface area contributed by atoms with Gasteiger partial charge in [0, 0.05) is 5.57 Å². The number of carbonyl (C=O) groups is 1. The predicted octanol–water partition coefficient (Wildman–Crippen LogP) is 3.57. The van der Waals surface area contributed by atoms with Gasteiger partial charge in [0.2, 0.25) is 0 Å². The van der Waals surface area contributed by atoms with Gasteiger partial charge in [-0.2, -0.15) is 0 Å². The maximum absolute atomic E-state index is 11.2. The molecule has 0 bridgehead atoms. The Bertz CT molecular complexity index is 244. The normalized spacial score (nSPS) is 12.4. The molecule has 0 saturated heterocycles. The largest absolute Gasteiger partial charge is 0.462 e. The number of ether oxygens (including phenoxy) is 1. The number of hydrogen-bond acceptors (Lipinski definition) is 2. The molecule has 0 aromatic rings. The summed E-state index contributed by atoms with van der Waals surface area (Å²) in [6.45, 7) is 16.5. The molecule has 2 nitrogen and oxygen atoms in total. The molecule has 2 heteroatoms. The molecule has 0 unspecified atom stereocenters. The molecule has 0 aliphatic rings. The fourth-order valence-corrected chi connectivity index (χ4v) is 1.87. The van der Waals surface area contributed by atoms with Crippen LogP contribution in [0.4, 0.5) is 0 Å². The Morgan fingerprint density at radius 3 is 2.00 bits per heavy atom. The molecule has 0 radical (unpaired) electrons. The van der Waals surface area contributed by atoms with Crippen LogP contribution in [0.2, 0.25) is 0 Å². The quantitative estimate of drug-likeness (QED) is 0.526. The highest BCUT2D eigenvalue weighted by Crippen LogP contribution is 2.33. The minimum Gasteiger partial charge on any atom is -0.462 e. The van der Waals surface area contributed by atoms with Crippen LogP contribution in [0.5, 0.6) is 0 Å². The number of esters is 1. The predicted molar refractivity (Wildman–Crippen MR) is 63.6 cm³/mol. The molecule has 0 aliphatic heterocycles. The van der Waals surface area contributed by atoms with E-state index in [4.69, 9.17) is 4.74 Å². The zero-order chi connectivity index (χ0) is 12.3. The van der Waals surface area contributed by atoms with E-state index < -0.39 is 0 Å². The maximum atomic E-state index is 11.2. The van der Waals surface area contributed by atoms with E-state index >= 15 is 0 Å². The molecule has 0 amide bonds. The van der Waals surface area contributed by atoms with Gasteiger partial charge in [-0.1, -0.05) is 41.2 Å². The molecule has 0 heterocycles. The van der Waals surface area contributed by atoms with Gasteiger partial charge in [0.05, 0.1) is 6.61 Å². The fraction of sp³-hybridized carbons (Fsp3) is 0.769. The highest BCUT2D eigenvalue weighted by atomic mass is 16.5. The van der Waals surface area contributed by atoms with Crippen molar-refractivity contribution in [2.75, 3.05) is 6.61 Å². The van der Waals surface area contributed by atoms with E-state index in [-0.39, 0.29) is 16.8 Å². The summed E-state index contributed by atoms with van der Waals surface area (Å²) in [5, 5.41) is 0. The lowest BCUT2D eigenvalue weighted by atomic mass is 9.77. The van der Waals surface area contributed by atoms with Gasteiger partial charge in [-0.15, -0.1) is 0 Å². The Morgan fingerprint density at radius 1 is 1.20 bits per heavy atom. The van der Waals surface area contributed by atoms with E-state index in [2.05, 4.69) is 41.2 Å². The minimum absolute atomic E-state index is 0.0172. The zero-order valence-electron chi connectivity index (χ0n) is 10.9. The van der Waals surface area contributed by atoms with Crippen molar-refractivity contribution in [3.63, 3.8) is 0 Å². The van der Waals surface area contributed by atoms with Crippen molar-refractivity contribution in [1.29, 1.82) is 0 Å². The van der Waals surface area contributed by atoms with Crippen molar-refractivity contribution in [1.82, 2.24) is 0 Å². The Labute approximate surface area is 93.7 Å². The van der Waals surface area contributed by atoms with Gasteiger partial charge in [-0.05, 0) is 24.2 Å². The highest BCUT2D eigenvalue weighted by molar-refractivity contribution is 5.86. The van der Waals surface area contributed by atoms with Crippen molar-refractivity contribution < 1.29 is 9.53 Å². The Morgan fingerprint density at radius 2 is 1.67 bits per heavy atom. The summed E-state index contributed by atoms with van der Waals surface area (Å²) in [4.78, 5) is 11.2. The first kappa shape index (κ1) is 14.2. The van der Waals surface area contributed by atoms with Crippen LogP contribution >= 0.6 is 0 Å². The van der Waals surface area contributed by atoms with Gasteiger partial charge in [0.15, 0.2) is 0 Å². The third-order valence-electron chi connectivity index (χ3n) is 1.95. The van der Waals surface area contributed by atoms with Gasteiger partial charge in [-0.25, -0.2) is 4.79 Å². The molecular formula is C13H24O2. The molecule has 0 rings (SSSR count). The van der Waals surface area contributed by atoms with Crippen LogP contribution < -0.4 is 0 Å². The molecule has 0 spiro atoms. The molecule has 88 valence electrons. The number of rotatable bonds is 4. The summed E-state index contributed by atoms with van der Waals surface area (Å²) in [5.74, 6) is -0.294. The summed E-state index contributed by atoms with van der Waals surface area (Å²) in [6.07, 6.45) is 1.02. The molecule has 0 fully saturated rings. The second-order valence-electron chi connectivity index (χ2n) is 6.26. The zero-order valence-corrected chi connectivity index (χ0v) is 10.9. The maximum Gasteiger partial charge on any atom is 0.333 e. The summed E-state index contributed by atoms with van der Waals surface area (Å²) in [7, 11) is 0. The third-order valence-corrected chi connectivity index (χ3v) is 1.95. The molecule has 0 saturated carbocycles. The van der Waals surface area contributed by atoms with Crippen LogP contribution in [0, 0.1) is 10.8 Å². The van der Waals surface area contributed by atoms with Gasteiger partial charge in [-0.3, -0.25) is 0 Å². The molecular weight excluding hydrogens is 188 g/mol. The topological polar surface area (TPSA) is 26.3 Å². The van der Waals surface area contributed by atoms with Crippen LogP contribution in [-0.2, 0) is 9.53 Å². The highest BCUT2D eigenvalue weighted by Gasteiger charge is 2.26. The second-order valence-corrected chi connectivity index (χ2v) is 6.26. The molecule has 15 heavy (non-hydrogen) atoms. The SMILES string of the molecule is C=C(C)C(=O)OCC(C)(C)CC(C)(C)C. The molecule has 0 atom stereocenters. The second kappa shape index (κ2) is 4.82. The summed E-state index contributed by atoms with van der Waals surface area (Å²) in [5.41, 5.74) is 0.726. The van der Waals surface area contributed by atoms with Crippen LogP contribution in [-0.4, -0.2) is 12.6 Å². The smallest absolute Gasteiger partial charge is 0.333 e. The minimum atomic E-state index is -0.294. The van der Waals surface area contributed by atoms with Crippen LogP contribution in [0.1, 0.15) is 48.0 Å². The standard InChI is InChI=1S/C13H24O2/c1-10(2)11(14)15-9-13(6,7)8-12(3,4)5/h1,8-9H2,2-7H3. The Hall–Kier alpha value is -0.790. The molecule has 0 aromatic carbocycles. The van der Waals surface area contributed by atoms with Crippen LogP contribution in [0.25, 0.3) is 0 Å². The van der Waals surface area contributed by atoms with Crippen molar-refractivity contribution in [2.45, 2.75) is 48.0 Å². The van der Waals surface area contributed by atoms with E-state index in [0.29, 0.717) is 12.2 Å². The van der Waals surface area contributed by atoms with Crippen molar-refractivity contribution in [3.05, 3.63) is 12.2 Å². The number of hydrogen-bond donors (Lipinski definition) is 0. The molecule has 0 N–H and O–H groups in total. The monoisotopic (exact) mass is 212 g/mol. The first-order valence-corrected chi connectivity index (χ1v) is 5.36. The van der Waals surface area contributed by atoms with Crippen molar-refractivity contribution in [3.8, 4) is 0 Å². The summed E-state index contributed by atoms with van der Waals surface area (Å²) in [6, 6.07) is 0. The lowest BCUT2D eigenvalue weighted by Gasteiger charge is -2.31. The van der Waals surface area contributed by atoms with Gasteiger partial charge < -0.3 is 4.74 Å². The Kier molecular flexibility index (Phi) is 4.57. The third kappa shape index (κ3) is 7.18. The van der Waals surface area contributed by atoms with Crippen molar-refractivity contribution in [2.24, 2.45) is 10.8 Å². The van der Waals surface area contributed by atoms with Gasteiger partial charge in [0.25, 0.3) is 0 Å². The van der Waals surface area contributed by atoms with Crippen LogP contribution in [0.15, 0.2) is 12.2 Å². The average molecular weight is 212 g/mol. The average Bonchev–Trinajstić information content (AvgIpc) is 1.95. The van der Waals surface area contributed by atoms with E-state index in [9.17, 15) is 4.79 Å².